The van der Waals surface area contributed by atoms with E-state index < -0.39 is 10.0 Å². The number of nitrogens with zero attached hydrogens (tertiary/aromatic N) is 1. The van der Waals surface area contributed by atoms with E-state index in [4.69, 9.17) is 4.52 Å². The molecule has 3 atom stereocenters. The van der Waals surface area contributed by atoms with Gasteiger partial charge in [-0.2, -0.15) is 0 Å². The molecular formula is C14H22N2O3S. The molecule has 0 unspecified atom stereocenters. The highest BCUT2D eigenvalue weighted by Crippen LogP contribution is 2.49. The van der Waals surface area contributed by atoms with Gasteiger partial charge in [-0.15, -0.1) is 0 Å². The molecule has 2 fully saturated rings. The first-order valence-electron chi connectivity index (χ1n) is 7.43. The SMILES string of the molecule is Cc1cc(CNS(=O)(=O)C[C@@H]2C[C@@H]3CCCC[C@@H]32)on1. The maximum Gasteiger partial charge on any atom is 0.212 e. The van der Waals surface area contributed by atoms with Crippen molar-refractivity contribution in [1.82, 2.24) is 9.88 Å². The van der Waals surface area contributed by atoms with E-state index in [1.54, 1.807) is 6.07 Å². The molecule has 0 radical (unpaired) electrons. The molecule has 3 rings (SSSR count). The first-order valence-corrected chi connectivity index (χ1v) is 9.08. The quantitative estimate of drug-likeness (QED) is 0.904. The van der Waals surface area contributed by atoms with Gasteiger partial charge in [0.25, 0.3) is 0 Å². The molecule has 1 heterocycles. The molecule has 1 aromatic heterocycles. The Morgan fingerprint density at radius 3 is 2.90 bits per heavy atom. The summed E-state index contributed by atoms with van der Waals surface area (Å²) in [6.45, 7) is 2.02. The lowest BCUT2D eigenvalue weighted by Gasteiger charge is -2.47. The van der Waals surface area contributed by atoms with Crippen LogP contribution >= 0.6 is 0 Å². The summed E-state index contributed by atoms with van der Waals surface area (Å²) in [4.78, 5) is 0. The van der Waals surface area contributed by atoms with Crippen LogP contribution in [0.4, 0.5) is 0 Å². The number of rotatable bonds is 5. The minimum Gasteiger partial charge on any atom is -0.360 e. The Labute approximate surface area is 120 Å². The fourth-order valence-corrected chi connectivity index (χ4v) is 5.16. The van der Waals surface area contributed by atoms with Crippen molar-refractivity contribution in [2.24, 2.45) is 17.8 Å². The molecule has 1 aromatic rings. The predicted molar refractivity (Wildman–Crippen MR) is 75.4 cm³/mol. The van der Waals surface area contributed by atoms with Gasteiger partial charge in [-0.1, -0.05) is 24.4 Å². The molecule has 1 N–H and O–H groups in total. The zero-order valence-electron chi connectivity index (χ0n) is 11.8. The first kappa shape index (κ1) is 14.1. The standard InChI is InChI=1S/C14H22N2O3S/c1-10-6-13(19-16-10)8-15-20(17,18)9-12-7-11-4-2-3-5-14(11)12/h6,11-12,14-15H,2-5,7-9H2,1H3/t11-,12-,14-/m0/s1. The van der Waals surface area contributed by atoms with Crippen molar-refractivity contribution < 1.29 is 12.9 Å². The van der Waals surface area contributed by atoms with E-state index in [0.29, 0.717) is 17.6 Å². The minimum absolute atomic E-state index is 0.198. The topological polar surface area (TPSA) is 72.2 Å². The fourth-order valence-electron chi connectivity index (χ4n) is 3.73. The lowest BCUT2D eigenvalue weighted by Crippen LogP contribution is -2.44. The summed E-state index contributed by atoms with van der Waals surface area (Å²) in [6.07, 6.45) is 6.19. The van der Waals surface area contributed by atoms with Crippen LogP contribution in [0.1, 0.15) is 43.6 Å². The second-order valence-corrected chi connectivity index (χ2v) is 8.09. The maximum atomic E-state index is 12.1. The molecule has 2 aliphatic rings. The van der Waals surface area contributed by atoms with Crippen LogP contribution < -0.4 is 4.72 Å². The van der Waals surface area contributed by atoms with Gasteiger partial charge in [-0.05, 0) is 37.5 Å². The summed E-state index contributed by atoms with van der Waals surface area (Å²) in [7, 11) is -3.22. The molecule has 0 spiro atoms. The van der Waals surface area contributed by atoms with Gasteiger partial charge in [0.2, 0.25) is 10.0 Å². The lowest BCUT2D eigenvalue weighted by molar-refractivity contribution is 0.0439. The predicted octanol–water partition coefficient (Wildman–Crippen LogP) is 2.23. The molecule has 0 aliphatic heterocycles. The second kappa shape index (κ2) is 5.48. The number of hydrogen-bond donors (Lipinski definition) is 1. The molecule has 20 heavy (non-hydrogen) atoms. The summed E-state index contributed by atoms with van der Waals surface area (Å²) >= 11 is 0. The van der Waals surface area contributed by atoms with Crippen molar-refractivity contribution >= 4 is 10.0 Å². The second-order valence-electron chi connectivity index (χ2n) is 6.24. The Bertz CT molecular complexity index is 567. The molecule has 112 valence electrons. The van der Waals surface area contributed by atoms with Gasteiger partial charge in [0, 0.05) is 6.07 Å². The van der Waals surface area contributed by atoms with Crippen LogP contribution in [0.3, 0.4) is 0 Å². The molecule has 0 saturated heterocycles. The van der Waals surface area contributed by atoms with Crippen LogP contribution in [0.2, 0.25) is 0 Å². The molecular weight excluding hydrogens is 276 g/mol. The zero-order valence-corrected chi connectivity index (χ0v) is 12.7. The highest BCUT2D eigenvalue weighted by atomic mass is 32.2. The van der Waals surface area contributed by atoms with E-state index in [-0.39, 0.29) is 12.3 Å². The molecule has 0 bridgehead atoms. The lowest BCUT2D eigenvalue weighted by atomic mass is 9.59. The molecule has 2 aliphatic carbocycles. The van der Waals surface area contributed by atoms with Crippen molar-refractivity contribution in [3.63, 3.8) is 0 Å². The summed E-state index contributed by atoms with van der Waals surface area (Å²) in [5.74, 6) is 2.62. The Kier molecular flexibility index (Phi) is 3.86. The van der Waals surface area contributed by atoms with E-state index in [2.05, 4.69) is 9.88 Å². The van der Waals surface area contributed by atoms with Gasteiger partial charge in [0.05, 0.1) is 18.0 Å². The van der Waals surface area contributed by atoms with Crippen molar-refractivity contribution in [2.45, 2.75) is 45.6 Å². The zero-order chi connectivity index (χ0) is 14.2. The molecule has 0 amide bonds. The Balaban J connectivity index is 1.51. The van der Waals surface area contributed by atoms with Gasteiger partial charge in [-0.3, -0.25) is 0 Å². The summed E-state index contributed by atoms with van der Waals surface area (Å²) in [5.41, 5.74) is 0.767. The molecule has 6 heteroatoms. The van der Waals surface area contributed by atoms with E-state index >= 15 is 0 Å². The van der Waals surface area contributed by atoms with Crippen LogP contribution in [0, 0.1) is 24.7 Å². The van der Waals surface area contributed by atoms with Crippen LogP contribution in [0.15, 0.2) is 10.6 Å². The third kappa shape index (κ3) is 3.06. The highest BCUT2D eigenvalue weighted by Gasteiger charge is 2.43. The van der Waals surface area contributed by atoms with E-state index in [9.17, 15) is 8.42 Å². The van der Waals surface area contributed by atoms with Gasteiger partial charge >= 0.3 is 0 Å². The Morgan fingerprint density at radius 2 is 2.20 bits per heavy atom. The van der Waals surface area contributed by atoms with Crippen molar-refractivity contribution in [3.8, 4) is 0 Å². The normalized spacial score (nSPS) is 29.8. The average Bonchev–Trinajstić information content (AvgIpc) is 2.80. The van der Waals surface area contributed by atoms with E-state index in [0.717, 1.165) is 18.0 Å². The van der Waals surface area contributed by atoms with Crippen molar-refractivity contribution in [1.29, 1.82) is 0 Å². The third-order valence-corrected chi connectivity index (χ3v) is 6.21. The Morgan fingerprint density at radius 1 is 1.40 bits per heavy atom. The molecule has 5 nitrogen and oxygen atoms in total. The largest absolute Gasteiger partial charge is 0.360 e. The Hall–Kier alpha value is -0.880. The number of aryl methyl sites for hydroxylation is 1. The smallest absolute Gasteiger partial charge is 0.212 e. The average molecular weight is 298 g/mol. The maximum absolute atomic E-state index is 12.1. The first-order chi connectivity index (χ1) is 9.53. The van der Waals surface area contributed by atoms with Crippen molar-refractivity contribution in [2.75, 3.05) is 5.75 Å². The highest BCUT2D eigenvalue weighted by molar-refractivity contribution is 7.89. The van der Waals surface area contributed by atoms with Crippen LogP contribution in [0.25, 0.3) is 0 Å². The fraction of sp³-hybridized carbons (Fsp3) is 0.786. The van der Waals surface area contributed by atoms with Gasteiger partial charge in [-0.25, -0.2) is 13.1 Å². The number of nitrogens with one attached hydrogen (secondary N) is 1. The van der Waals surface area contributed by atoms with Gasteiger partial charge < -0.3 is 4.52 Å². The van der Waals surface area contributed by atoms with Gasteiger partial charge in [0.1, 0.15) is 0 Å². The van der Waals surface area contributed by atoms with Gasteiger partial charge in [0.15, 0.2) is 5.76 Å². The molecule has 0 aromatic carbocycles. The van der Waals surface area contributed by atoms with Crippen LogP contribution in [0.5, 0.6) is 0 Å². The van der Waals surface area contributed by atoms with E-state index in [1.165, 1.54) is 25.7 Å². The summed E-state index contributed by atoms with van der Waals surface area (Å²) in [5, 5.41) is 3.75. The number of fused-ring (bicyclic) bond motifs is 1. The van der Waals surface area contributed by atoms with Crippen LogP contribution in [-0.2, 0) is 16.6 Å². The van der Waals surface area contributed by atoms with E-state index in [1.807, 2.05) is 6.92 Å². The number of aromatic nitrogens is 1. The van der Waals surface area contributed by atoms with Crippen LogP contribution in [-0.4, -0.2) is 19.3 Å². The summed E-state index contributed by atoms with van der Waals surface area (Å²) in [6, 6.07) is 1.75. The monoisotopic (exact) mass is 298 g/mol. The molecule has 2 saturated carbocycles. The third-order valence-electron chi connectivity index (χ3n) is 4.76. The summed E-state index contributed by atoms with van der Waals surface area (Å²) < 4.78 is 31.9. The number of sulfonamides is 1. The van der Waals surface area contributed by atoms with Crippen molar-refractivity contribution in [3.05, 3.63) is 17.5 Å². The number of hydrogen-bond acceptors (Lipinski definition) is 4. The minimum atomic E-state index is -3.22.